The number of hydrogen-bond donors (Lipinski definition) is 1. The first kappa shape index (κ1) is 14.7. The average Bonchev–Trinajstić information content (AvgIpc) is 2.48. The second kappa shape index (κ2) is 6.66. The van der Waals surface area contributed by atoms with Crippen LogP contribution in [0.4, 0.5) is 0 Å². The minimum Gasteiger partial charge on any atom is -0.478 e. The van der Waals surface area contributed by atoms with Crippen LogP contribution < -0.4 is 0 Å². The van der Waals surface area contributed by atoms with Gasteiger partial charge < -0.3 is 5.11 Å². The maximum absolute atomic E-state index is 12.2. The molecule has 0 bridgehead atoms. The first-order valence-corrected chi connectivity index (χ1v) is 6.64. The van der Waals surface area contributed by atoms with Gasteiger partial charge in [-0.2, -0.15) is 0 Å². The quantitative estimate of drug-likeness (QED) is 0.673. The third-order valence-electron chi connectivity index (χ3n) is 3.14. The van der Waals surface area contributed by atoms with Gasteiger partial charge in [0.1, 0.15) is 0 Å². The lowest BCUT2D eigenvalue weighted by atomic mass is 10.0. The fourth-order valence-corrected chi connectivity index (χ4v) is 1.94. The zero-order chi connectivity index (χ0) is 15.2. The topological polar surface area (TPSA) is 54.4 Å². The maximum Gasteiger partial charge on any atom is 0.328 e. The summed E-state index contributed by atoms with van der Waals surface area (Å²) in [5, 5.41) is 8.56. The molecular weight excluding hydrogens is 264 g/mol. The number of carboxylic acids is 1. The van der Waals surface area contributed by atoms with Crippen LogP contribution in [-0.2, 0) is 11.2 Å². The first-order valence-electron chi connectivity index (χ1n) is 6.64. The summed E-state index contributed by atoms with van der Waals surface area (Å²) >= 11 is 0. The molecule has 0 aliphatic heterocycles. The van der Waals surface area contributed by atoms with Crippen LogP contribution in [0.2, 0.25) is 0 Å². The Balaban J connectivity index is 2.06. The molecule has 0 atom stereocenters. The Kier molecular flexibility index (Phi) is 4.67. The lowest BCUT2D eigenvalue weighted by Gasteiger charge is -2.03. The van der Waals surface area contributed by atoms with Crippen LogP contribution in [0.3, 0.4) is 0 Å². The lowest BCUT2D eigenvalue weighted by Crippen LogP contribution is -2.03. The molecule has 0 saturated heterocycles. The average molecular weight is 280 g/mol. The van der Waals surface area contributed by atoms with Gasteiger partial charge in [0, 0.05) is 18.1 Å². The number of Topliss-reactive ketones (excluding diaryl/α,β-unsaturated/α-hetero) is 1. The van der Waals surface area contributed by atoms with Gasteiger partial charge >= 0.3 is 5.97 Å². The molecule has 0 saturated carbocycles. The molecule has 106 valence electrons. The van der Waals surface area contributed by atoms with Crippen LogP contribution >= 0.6 is 0 Å². The summed E-state index contributed by atoms with van der Waals surface area (Å²) in [4.78, 5) is 22.6. The van der Waals surface area contributed by atoms with E-state index in [9.17, 15) is 9.59 Å². The van der Waals surface area contributed by atoms with Crippen LogP contribution in [0.25, 0.3) is 6.08 Å². The highest BCUT2D eigenvalue weighted by Crippen LogP contribution is 2.11. The van der Waals surface area contributed by atoms with Crippen molar-refractivity contribution >= 4 is 17.8 Å². The molecule has 0 unspecified atom stereocenters. The smallest absolute Gasteiger partial charge is 0.328 e. The Morgan fingerprint density at radius 3 is 2.19 bits per heavy atom. The second-order valence-corrected chi connectivity index (χ2v) is 4.88. The summed E-state index contributed by atoms with van der Waals surface area (Å²) in [5.74, 6) is -0.942. The highest BCUT2D eigenvalue weighted by molar-refractivity contribution is 5.97. The number of carbonyl (C=O) groups excluding carboxylic acids is 1. The Labute approximate surface area is 123 Å². The molecule has 2 rings (SSSR count). The van der Waals surface area contributed by atoms with Crippen LogP contribution in [0.5, 0.6) is 0 Å². The molecule has 0 aliphatic rings. The van der Waals surface area contributed by atoms with Gasteiger partial charge in [-0.3, -0.25) is 4.79 Å². The van der Waals surface area contributed by atoms with Gasteiger partial charge in [-0.05, 0) is 24.1 Å². The van der Waals surface area contributed by atoms with E-state index in [2.05, 4.69) is 0 Å². The molecule has 0 fully saturated rings. The van der Waals surface area contributed by atoms with Crippen molar-refractivity contribution in [2.75, 3.05) is 0 Å². The minimum atomic E-state index is -0.991. The first-order chi connectivity index (χ1) is 10.0. The van der Waals surface area contributed by atoms with Crippen molar-refractivity contribution < 1.29 is 14.7 Å². The summed E-state index contributed by atoms with van der Waals surface area (Å²) in [6.45, 7) is 2.01. The Morgan fingerprint density at radius 2 is 1.62 bits per heavy atom. The normalized spacial score (nSPS) is 10.7. The molecule has 0 spiro atoms. The van der Waals surface area contributed by atoms with Crippen molar-refractivity contribution in [2.45, 2.75) is 13.3 Å². The van der Waals surface area contributed by atoms with Gasteiger partial charge in [0.05, 0.1) is 0 Å². The molecule has 0 radical (unpaired) electrons. The summed E-state index contributed by atoms with van der Waals surface area (Å²) in [6.07, 6.45) is 2.93. The van der Waals surface area contributed by atoms with E-state index in [1.807, 2.05) is 31.2 Å². The van der Waals surface area contributed by atoms with Crippen molar-refractivity contribution in [1.82, 2.24) is 0 Å². The van der Waals surface area contributed by atoms with E-state index < -0.39 is 5.97 Å². The van der Waals surface area contributed by atoms with E-state index in [0.717, 1.165) is 17.2 Å². The van der Waals surface area contributed by atoms with E-state index in [1.165, 1.54) is 11.6 Å². The van der Waals surface area contributed by atoms with Gasteiger partial charge in [-0.25, -0.2) is 4.79 Å². The van der Waals surface area contributed by atoms with Gasteiger partial charge in [-0.1, -0.05) is 54.1 Å². The maximum atomic E-state index is 12.2. The molecule has 2 aromatic carbocycles. The lowest BCUT2D eigenvalue weighted by molar-refractivity contribution is -0.131. The fourth-order valence-electron chi connectivity index (χ4n) is 1.94. The van der Waals surface area contributed by atoms with Gasteiger partial charge in [0.25, 0.3) is 0 Å². The third-order valence-corrected chi connectivity index (χ3v) is 3.14. The highest BCUT2D eigenvalue weighted by atomic mass is 16.4. The molecular formula is C18H16O3. The van der Waals surface area contributed by atoms with E-state index in [0.29, 0.717) is 12.0 Å². The summed E-state index contributed by atoms with van der Waals surface area (Å²) < 4.78 is 0. The molecule has 3 nitrogen and oxygen atoms in total. The third kappa shape index (κ3) is 4.42. The number of carbonyl (C=O) groups is 2. The summed E-state index contributed by atoms with van der Waals surface area (Å²) in [5.41, 5.74) is 3.54. The fraction of sp³-hybridized carbons (Fsp3) is 0.111. The van der Waals surface area contributed by atoms with Crippen molar-refractivity contribution in [1.29, 1.82) is 0 Å². The molecule has 0 aliphatic carbocycles. The van der Waals surface area contributed by atoms with Crippen LogP contribution in [0, 0.1) is 6.92 Å². The number of ketones is 1. The van der Waals surface area contributed by atoms with Crippen molar-refractivity contribution in [3.8, 4) is 0 Å². The molecule has 2 aromatic rings. The number of benzene rings is 2. The second-order valence-electron chi connectivity index (χ2n) is 4.88. The number of aliphatic carboxylic acids is 1. The number of aryl methyl sites for hydroxylation is 1. The molecule has 21 heavy (non-hydrogen) atoms. The number of rotatable bonds is 5. The van der Waals surface area contributed by atoms with E-state index >= 15 is 0 Å². The number of hydrogen-bond acceptors (Lipinski definition) is 2. The Bertz CT molecular complexity index is 665. The van der Waals surface area contributed by atoms with Crippen molar-refractivity contribution in [3.05, 3.63) is 76.9 Å². The summed E-state index contributed by atoms with van der Waals surface area (Å²) in [6, 6.07) is 14.8. The Morgan fingerprint density at radius 1 is 1.00 bits per heavy atom. The van der Waals surface area contributed by atoms with Gasteiger partial charge in [0.2, 0.25) is 0 Å². The predicted octanol–water partition coefficient (Wildman–Crippen LogP) is 3.52. The van der Waals surface area contributed by atoms with E-state index in [1.54, 1.807) is 24.3 Å². The predicted molar refractivity (Wildman–Crippen MR) is 82.3 cm³/mol. The van der Waals surface area contributed by atoms with Gasteiger partial charge in [0.15, 0.2) is 5.78 Å². The standard InChI is InChI=1S/C18H16O3/c1-13-2-4-15(5-3-13)12-17(19)16-9-6-14(7-10-16)8-11-18(20)21/h2-11H,12H2,1H3,(H,20,21)/b11-8+. The molecule has 0 heterocycles. The van der Waals surface area contributed by atoms with Crippen molar-refractivity contribution in [2.24, 2.45) is 0 Å². The number of carboxylic acid groups (broad SMARTS) is 1. The molecule has 0 aromatic heterocycles. The molecule has 1 N–H and O–H groups in total. The SMILES string of the molecule is Cc1ccc(CC(=O)c2ccc(/C=C/C(=O)O)cc2)cc1. The van der Waals surface area contributed by atoms with Crippen molar-refractivity contribution in [3.63, 3.8) is 0 Å². The van der Waals surface area contributed by atoms with E-state index in [4.69, 9.17) is 5.11 Å². The zero-order valence-electron chi connectivity index (χ0n) is 11.7. The summed E-state index contributed by atoms with van der Waals surface area (Å²) in [7, 11) is 0. The molecule has 3 heteroatoms. The zero-order valence-corrected chi connectivity index (χ0v) is 11.7. The van der Waals surface area contributed by atoms with Crippen LogP contribution in [0.15, 0.2) is 54.6 Å². The van der Waals surface area contributed by atoms with Crippen LogP contribution in [0.1, 0.15) is 27.0 Å². The largest absolute Gasteiger partial charge is 0.478 e. The van der Waals surface area contributed by atoms with E-state index in [-0.39, 0.29) is 5.78 Å². The van der Waals surface area contributed by atoms with Crippen LogP contribution in [-0.4, -0.2) is 16.9 Å². The highest BCUT2D eigenvalue weighted by Gasteiger charge is 2.06. The Hall–Kier alpha value is -2.68. The van der Waals surface area contributed by atoms with Gasteiger partial charge in [-0.15, -0.1) is 0 Å². The minimum absolute atomic E-state index is 0.0487. The molecule has 0 amide bonds. The monoisotopic (exact) mass is 280 g/mol.